The van der Waals surface area contributed by atoms with Crippen LogP contribution >= 0.6 is 0 Å². The third-order valence-corrected chi connectivity index (χ3v) is 2.26. The van der Waals surface area contributed by atoms with Crippen molar-refractivity contribution in [2.45, 2.75) is 20.3 Å². The number of halogens is 2. The van der Waals surface area contributed by atoms with Crippen LogP contribution < -0.4 is 16.0 Å². The maximum absolute atomic E-state index is 13.4. The van der Waals surface area contributed by atoms with Gasteiger partial charge in [-0.05, 0) is 13.3 Å². The maximum Gasteiger partial charge on any atom is 0.239 e. The van der Waals surface area contributed by atoms with Crippen LogP contribution in [0.1, 0.15) is 20.3 Å². The standard InChI is InChI=1S/C12H18F2N4O/c1-3-5-16-10(19)7-17-12-9(14)6-8(13)11(18-12)15-4-2/h6H,3-5,7H2,1-2H3,(H,16,19)(H2,15,17,18). The second-order valence-corrected chi connectivity index (χ2v) is 3.88. The molecule has 7 heteroatoms. The van der Waals surface area contributed by atoms with Gasteiger partial charge in [0, 0.05) is 19.2 Å². The lowest BCUT2D eigenvalue weighted by Gasteiger charge is -2.10. The summed E-state index contributed by atoms with van der Waals surface area (Å²) in [6, 6.07) is 0.733. The average Bonchev–Trinajstić information content (AvgIpc) is 2.38. The summed E-state index contributed by atoms with van der Waals surface area (Å²) in [7, 11) is 0. The number of carbonyl (C=O) groups excluding carboxylic acids is 1. The Hall–Kier alpha value is -1.92. The van der Waals surface area contributed by atoms with Crippen molar-refractivity contribution >= 4 is 17.5 Å². The minimum atomic E-state index is -0.831. The third kappa shape index (κ3) is 4.69. The van der Waals surface area contributed by atoms with Crippen LogP contribution in [0.15, 0.2) is 6.07 Å². The fourth-order valence-electron chi connectivity index (χ4n) is 1.37. The summed E-state index contributed by atoms with van der Waals surface area (Å²) >= 11 is 0. The van der Waals surface area contributed by atoms with E-state index in [4.69, 9.17) is 0 Å². The van der Waals surface area contributed by atoms with Crippen molar-refractivity contribution < 1.29 is 13.6 Å². The van der Waals surface area contributed by atoms with Crippen molar-refractivity contribution in [1.29, 1.82) is 0 Å². The molecule has 0 aliphatic carbocycles. The number of pyridine rings is 1. The van der Waals surface area contributed by atoms with Gasteiger partial charge in [-0.15, -0.1) is 0 Å². The molecule has 0 bridgehead atoms. The normalized spacial score (nSPS) is 10.1. The highest BCUT2D eigenvalue weighted by Crippen LogP contribution is 2.18. The average molecular weight is 272 g/mol. The van der Waals surface area contributed by atoms with E-state index in [1.54, 1.807) is 6.92 Å². The van der Waals surface area contributed by atoms with Crippen LogP contribution in [0.4, 0.5) is 20.4 Å². The number of carbonyl (C=O) groups is 1. The molecule has 0 unspecified atom stereocenters. The zero-order valence-electron chi connectivity index (χ0n) is 11.0. The summed E-state index contributed by atoms with van der Waals surface area (Å²) in [6.45, 7) is 4.61. The number of nitrogens with zero attached hydrogens (tertiary/aromatic N) is 1. The Bertz CT molecular complexity index is 440. The molecule has 0 spiro atoms. The van der Waals surface area contributed by atoms with Crippen LogP contribution in [-0.4, -0.2) is 30.5 Å². The van der Waals surface area contributed by atoms with E-state index in [0.717, 1.165) is 12.5 Å². The first-order chi connectivity index (χ1) is 9.08. The van der Waals surface area contributed by atoms with E-state index in [1.807, 2.05) is 6.92 Å². The van der Waals surface area contributed by atoms with Gasteiger partial charge in [0.25, 0.3) is 0 Å². The molecular weight excluding hydrogens is 254 g/mol. The molecule has 106 valence electrons. The molecule has 1 heterocycles. The minimum absolute atomic E-state index is 0.0413. The lowest BCUT2D eigenvalue weighted by molar-refractivity contribution is -0.119. The van der Waals surface area contributed by atoms with Crippen LogP contribution in [-0.2, 0) is 4.79 Å². The maximum atomic E-state index is 13.4. The van der Waals surface area contributed by atoms with Crippen molar-refractivity contribution in [2.24, 2.45) is 0 Å². The molecule has 0 aliphatic heterocycles. The number of rotatable bonds is 7. The molecule has 0 saturated carbocycles. The lowest BCUT2D eigenvalue weighted by atomic mass is 10.4. The largest absolute Gasteiger partial charge is 0.368 e. The Morgan fingerprint density at radius 1 is 1.21 bits per heavy atom. The molecule has 5 nitrogen and oxygen atoms in total. The van der Waals surface area contributed by atoms with Crippen molar-refractivity contribution in [1.82, 2.24) is 10.3 Å². The molecule has 1 aromatic rings. The van der Waals surface area contributed by atoms with Gasteiger partial charge >= 0.3 is 0 Å². The van der Waals surface area contributed by atoms with E-state index < -0.39 is 11.6 Å². The van der Waals surface area contributed by atoms with E-state index in [2.05, 4.69) is 20.9 Å². The number of hydrogen-bond donors (Lipinski definition) is 3. The van der Waals surface area contributed by atoms with E-state index in [0.29, 0.717) is 13.1 Å². The number of aromatic nitrogens is 1. The van der Waals surface area contributed by atoms with Gasteiger partial charge in [-0.3, -0.25) is 4.79 Å². The van der Waals surface area contributed by atoms with Crippen molar-refractivity contribution in [2.75, 3.05) is 30.3 Å². The fraction of sp³-hybridized carbons (Fsp3) is 0.500. The Morgan fingerprint density at radius 2 is 1.84 bits per heavy atom. The number of anilines is 2. The highest BCUT2D eigenvalue weighted by atomic mass is 19.1. The fourth-order valence-corrected chi connectivity index (χ4v) is 1.37. The van der Waals surface area contributed by atoms with Crippen molar-refractivity contribution in [3.8, 4) is 0 Å². The zero-order chi connectivity index (χ0) is 14.3. The smallest absolute Gasteiger partial charge is 0.239 e. The molecule has 1 rings (SSSR count). The zero-order valence-corrected chi connectivity index (χ0v) is 11.0. The van der Waals surface area contributed by atoms with Gasteiger partial charge in [0.05, 0.1) is 6.54 Å². The van der Waals surface area contributed by atoms with Crippen LogP contribution in [0, 0.1) is 11.6 Å². The summed E-state index contributed by atoms with van der Waals surface area (Å²) < 4.78 is 26.8. The van der Waals surface area contributed by atoms with Crippen molar-refractivity contribution in [3.05, 3.63) is 17.7 Å². The number of hydrogen-bond acceptors (Lipinski definition) is 4. The topological polar surface area (TPSA) is 66.0 Å². The molecule has 0 aromatic carbocycles. The van der Waals surface area contributed by atoms with E-state index in [9.17, 15) is 13.6 Å². The Kier molecular flexibility index (Phi) is 5.98. The first kappa shape index (κ1) is 15.1. The highest BCUT2D eigenvalue weighted by Gasteiger charge is 2.12. The third-order valence-electron chi connectivity index (χ3n) is 2.26. The first-order valence-electron chi connectivity index (χ1n) is 6.19. The van der Waals surface area contributed by atoms with Crippen LogP contribution in [0.5, 0.6) is 0 Å². The second-order valence-electron chi connectivity index (χ2n) is 3.88. The SMILES string of the molecule is CCCNC(=O)CNc1nc(NCC)c(F)cc1F. The van der Waals surface area contributed by atoms with Gasteiger partial charge in [0.15, 0.2) is 23.3 Å². The molecule has 3 N–H and O–H groups in total. The summed E-state index contributed by atoms with van der Waals surface area (Å²) in [6.07, 6.45) is 0.819. The molecule has 0 aliphatic rings. The van der Waals surface area contributed by atoms with Gasteiger partial charge in [0.1, 0.15) is 0 Å². The van der Waals surface area contributed by atoms with E-state index in [-0.39, 0.29) is 24.1 Å². The molecule has 19 heavy (non-hydrogen) atoms. The molecule has 1 aromatic heterocycles. The van der Waals surface area contributed by atoms with Gasteiger partial charge < -0.3 is 16.0 Å². The molecular formula is C12H18F2N4O. The van der Waals surface area contributed by atoms with Gasteiger partial charge in [-0.1, -0.05) is 6.92 Å². The van der Waals surface area contributed by atoms with Crippen LogP contribution in [0.3, 0.4) is 0 Å². The number of amides is 1. The lowest BCUT2D eigenvalue weighted by Crippen LogP contribution is -2.30. The van der Waals surface area contributed by atoms with Gasteiger partial charge in [-0.2, -0.15) is 0 Å². The first-order valence-corrected chi connectivity index (χ1v) is 6.19. The Morgan fingerprint density at radius 3 is 2.42 bits per heavy atom. The monoisotopic (exact) mass is 272 g/mol. The van der Waals surface area contributed by atoms with E-state index in [1.165, 1.54) is 0 Å². The van der Waals surface area contributed by atoms with E-state index >= 15 is 0 Å². The summed E-state index contributed by atoms with van der Waals surface area (Å²) in [5, 5.41) is 7.85. The Labute approximate surface area is 110 Å². The minimum Gasteiger partial charge on any atom is -0.368 e. The molecule has 0 atom stereocenters. The molecule has 0 saturated heterocycles. The van der Waals surface area contributed by atoms with Gasteiger partial charge in [-0.25, -0.2) is 13.8 Å². The predicted molar refractivity (Wildman–Crippen MR) is 70.1 cm³/mol. The summed E-state index contributed by atoms with van der Waals surface area (Å²) in [5.74, 6) is -2.05. The quantitative estimate of drug-likeness (QED) is 0.707. The second kappa shape index (κ2) is 7.50. The number of nitrogens with one attached hydrogen (secondary N) is 3. The Balaban J connectivity index is 2.67. The molecule has 0 fully saturated rings. The summed E-state index contributed by atoms with van der Waals surface area (Å²) in [5.41, 5.74) is 0. The van der Waals surface area contributed by atoms with Gasteiger partial charge in [0.2, 0.25) is 5.91 Å². The van der Waals surface area contributed by atoms with Crippen molar-refractivity contribution in [3.63, 3.8) is 0 Å². The van der Waals surface area contributed by atoms with Crippen LogP contribution in [0.2, 0.25) is 0 Å². The summed E-state index contributed by atoms with van der Waals surface area (Å²) in [4.78, 5) is 15.1. The molecule has 1 amide bonds. The molecule has 0 radical (unpaired) electrons. The highest BCUT2D eigenvalue weighted by molar-refractivity contribution is 5.80. The predicted octanol–water partition coefficient (Wildman–Crippen LogP) is 1.73. The van der Waals surface area contributed by atoms with Crippen LogP contribution in [0.25, 0.3) is 0 Å².